The molecule has 0 bridgehead atoms. The van der Waals surface area contributed by atoms with Crippen molar-refractivity contribution >= 4 is 25.7 Å². The highest BCUT2D eigenvalue weighted by Gasteiger charge is 2.30. The minimum Gasteiger partial charge on any atom is -0.460 e. The molecule has 0 heterocycles. The molecule has 0 fully saturated rings. The number of halogens is 3. The van der Waals surface area contributed by atoms with E-state index in [0.717, 1.165) is 12.1 Å². The van der Waals surface area contributed by atoms with E-state index >= 15 is 0 Å². The van der Waals surface area contributed by atoms with Gasteiger partial charge in [-0.2, -0.15) is 13.2 Å². The van der Waals surface area contributed by atoms with Crippen LogP contribution in [0.5, 0.6) is 0 Å². The Kier molecular flexibility index (Phi) is 21.2. The van der Waals surface area contributed by atoms with Crippen LogP contribution in [0.3, 0.4) is 0 Å². The molecule has 0 aliphatic rings. The summed E-state index contributed by atoms with van der Waals surface area (Å²) in [6.45, 7) is 13.2. The Morgan fingerprint density at radius 2 is 1.04 bits per heavy atom. The monoisotopic (exact) mass is 705 g/mol. The average molecular weight is 706 g/mol. The molecule has 2 rings (SSSR count). The maximum absolute atomic E-state index is 13.0. The Hall–Kier alpha value is -2.60. The highest BCUT2D eigenvalue weighted by Crippen LogP contribution is 2.32. The quantitative estimate of drug-likeness (QED) is 0.0681. The first-order chi connectivity index (χ1) is 23.1. The SMILES string of the molecule is C[Si](C)(C)OCCOCCOCCOCCOCCOCCOCCOCCOC(=O)c1ccccc1Nc1cccc(C(F)(F)F)c1. The van der Waals surface area contributed by atoms with Crippen molar-refractivity contribution in [2.24, 2.45) is 0 Å². The normalized spacial score (nSPS) is 12.0. The van der Waals surface area contributed by atoms with Crippen molar-refractivity contribution in [2.75, 3.05) is 111 Å². The van der Waals surface area contributed by atoms with Crippen molar-refractivity contribution in [2.45, 2.75) is 25.8 Å². The molecule has 0 radical (unpaired) electrons. The largest absolute Gasteiger partial charge is 0.460 e. The molecule has 15 heteroatoms. The van der Waals surface area contributed by atoms with Crippen LogP contribution >= 0.6 is 0 Å². The number of esters is 1. The van der Waals surface area contributed by atoms with E-state index in [-0.39, 0.29) is 24.5 Å². The van der Waals surface area contributed by atoms with E-state index in [2.05, 4.69) is 25.0 Å². The summed E-state index contributed by atoms with van der Waals surface area (Å²) in [7, 11) is -1.48. The fourth-order valence-corrected chi connectivity index (χ4v) is 4.49. The van der Waals surface area contributed by atoms with Crippen LogP contribution < -0.4 is 5.32 Å². The molecule has 0 spiro atoms. The van der Waals surface area contributed by atoms with E-state index in [1.807, 2.05) is 0 Å². The van der Waals surface area contributed by atoms with Crippen LogP contribution in [-0.4, -0.2) is 120 Å². The highest BCUT2D eigenvalue weighted by atomic mass is 28.4. The van der Waals surface area contributed by atoms with Gasteiger partial charge in [-0.25, -0.2) is 4.79 Å². The number of para-hydroxylation sites is 1. The van der Waals surface area contributed by atoms with Gasteiger partial charge in [0.2, 0.25) is 0 Å². The number of anilines is 2. The van der Waals surface area contributed by atoms with Gasteiger partial charge >= 0.3 is 12.1 Å². The molecule has 11 nitrogen and oxygen atoms in total. The number of rotatable bonds is 28. The Balaban J connectivity index is 1.36. The van der Waals surface area contributed by atoms with Crippen LogP contribution in [0.4, 0.5) is 24.5 Å². The van der Waals surface area contributed by atoms with Crippen LogP contribution in [0.2, 0.25) is 19.6 Å². The summed E-state index contributed by atoms with van der Waals surface area (Å²) in [6.07, 6.45) is -4.47. The third-order valence-electron chi connectivity index (χ3n) is 6.07. The van der Waals surface area contributed by atoms with E-state index in [1.165, 1.54) is 18.2 Å². The molecule has 272 valence electrons. The zero-order chi connectivity index (χ0) is 34.9. The number of nitrogens with one attached hydrogen (secondary N) is 1. The fourth-order valence-electron chi connectivity index (χ4n) is 3.80. The van der Waals surface area contributed by atoms with Crippen LogP contribution in [-0.2, 0) is 48.5 Å². The second kappa shape index (κ2) is 24.5. The van der Waals surface area contributed by atoms with Gasteiger partial charge in [0.05, 0.1) is 116 Å². The van der Waals surface area contributed by atoms with Crippen molar-refractivity contribution in [3.05, 3.63) is 59.7 Å². The predicted octanol–water partition coefficient (Wildman–Crippen LogP) is 5.57. The van der Waals surface area contributed by atoms with Gasteiger partial charge in [0.25, 0.3) is 0 Å². The molecule has 2 aromatic carbocycles. The van der Waals surface area contributed by atoms with E-state index in [0.29, 0.717) is 98.2 Å². The summed E-state index contributed by atoms with van der Waals surface area (Å²) in [5.41, 5.74) is -0.0779. The minimum atomic E-state index is -4.47. The molecule has 48 heavy (non-hydrogen) atoms. The molecule has 0 saturated heterocycles. The van der Waals surface area contributed by atoms with E-state index in [1.54, 1.807) is 18.2 Å². The van der Waals surface area contributed by atoms with E-state index < -0.39 is 26.0 Å². The molecular formula is C33H50F3NO10Si. The van der Waals surface area contributed by atoms with E-state index in [4.69, 9.17) is 42.3 Å². The lowest BCUT2D eigenvalue weighted by Crippen LogP contribution is -2.27. The summed E-state index contributed by atoms with van der Waals surface area (Å²) in [5.74, 6) is -0.625. The summed E-state index contributed by atoms with van der Waals surface area (Å²) in [6, 6.07) is 11.1. The van der Waals surface area contributed by atoms with E-state index in [9.17, 15) is 18.0 Å². The van der Waals surface area contributed by atoms with Gasteiger partial charge in [-0.3, -0.25) is 0 Å². The molecule has 0 aromatic heterocycles. The Morgan fingerprint density at radius 3 is 1.50 bits per heavy atom. The number of carbonyl (C=O) groups is 1. The molecular weight excluding hydrogens is 655 g/mol. The van der Waals surface area contributed by atoms with Crippen molar-refractivity contribution in [1.82, 2.24) is 0 Å². The molecule has 2 aromatic rings. The third kappa shape index (κ3) is 20.7. The lowest BCUT2D eigenvalue weighted by Gasteiger charge is -2.16. The molecule has 0 aliphatic heterocycles. The first kappa shape index (κ1) is 41.6. The lowest BCUT2D eigenvalue weighted by molar-refractivity contribution is -0.137. The van der Waals surface area contributed by atoms with Gasteiger partial charge in [0, 0.05) is 5.69 Å². The fraction of sp³-hybridized carbons (Fsp3) is 0.606. The van der Waals surface area contributed by atoms with Crippen LogP contribution in [0.1, 0.15) is 15.9 Å². The Bertz CT molecular complexity index is 1140. The Morgan fingerprint density at radius 1 is 0.604 bits per heavy atom. The zero-order valence-electron chi connectivity index (χ0n) is 28.1. The van der Waals surface area contributed by atoms with Crippen LogP contribution in [0.25, 0.3) is 0 Å². The molecule has 0 aliphatic carbocycles. The van der Waals surface area contributed by atoms with Gasteiger partial charge in [0.1, 0.15) is 6.61 Å². The molecule has 0 unspecified atom stereocenters. The van der Waals surface area contributed by atoms with Crippen LogP contribution in [0, 0.1) is 0 Å². The number of hydrogen-bond acceptors (Lipinski definition) is 11. The summed E-state index contributed by atoms with van der Waals surface area (Å²) < 4.78 is 88.2. The topological polar surface area (TPSA) is 112 Å². The smallest absolute Gasteiger partial charge is 0.416 e. The van der Waals surface area contributed by atoms with Gasteiger partial charge in [0.15, 0.2) is 8.32 Å². The van der Waals surface area contributed by atoms with Crippen LogP contribution in [0.15, 0.2) is 48.5 Å². The lowest BCUT2D eigenvalue weighted by atomic mass is 10.1. The second-order valence-corrected chi connectivity index (χ2v) is 15.6. The van der Waals surface area contributed by atoms with Gasteiger partial charge < -0.3 is 47.6 Å². The number of alkyl halides is 3. The first-order valence-electron chi connectivity index (χ1n) is 15.9. The summed E-state index contributed by atoms with van der Waals surface area (Å²) in [5, 5.41) is 2.86. The highest BCUT2D eigenvalue weighted by molar-refractivity contribution is 6.69. The van der Waals surface area contributed by atoms with Crippen molar-refractivity contribution in [3.8, 4) is 0 Å². The molecule has 1 N–H and O–H groups in total. The van der Waals surface area contributed by atoms with Gasteiger partial charge in [-0.05, 0) is 50.0 Å². The molecule has 0 atom stereocenters. The zero-order valence-corrected chi connectivity index (χ0v) is 29.1. The number of hydrogen-bond donors (Lipinski definition) is 1. The minimum absolute atomic E-state index is 0.00362. The standard InChI is InChI=1S/C33H50F3NO10Si/c1-48(2,3)47-26-24-45-22-20-43-18-16-41-14-12-39-11-13-40-15-17-42-19-21-44-23-25-46-32(38)30-9-4-5-10-31(30)37-29-8-6-7-28(27-29)33(34,35)36/h4-10,27,37H,11-26H2,1-3H3. The van der Waals surface area contributed by atoms with Crippen molar-refractivity contribution < 1.29 is 60.3 Å². The average Bonchev–Trinajstić information content (AvgIpc) is 3.04. The number of carbonyl (C=O) groups excluding carboxylic acids is 1. The predicted molar refractivity (Wildman–Crippen MR) is 176 cm³/mol. The summed E-state index contributed by atoms with van der Waals surface area (Å²) >= 11 is 0. The number of ether oxygens (including phenoxy) is 8. The Labute approximate surface area is 282 Å². The number of benzene rings is 2. The van der Waals surface area contributed by atoms with Gasteiger partial charge in [-0.1, -0.05) is 18.2 Å². The maximum atomic E-state index is 13.0. The summed E-state index contributed by atoms with van der Waals surface area (Å²) in [4.78, 5) is 12.6. The second-order valence-electron chi connectivity index (χ2n) is 11.1. The first-order valence-corrected chi connectivity index (χ1v) is 19.4. The maximum Gasteiger partial charge on any atom is 0.416 e. The molecule has 0 saturated carbocycles. The van der Waals surface area contributed by atoms with Gasteiger partial charge in [-0.15, -0.1) is 0 Å². The third-order valence-corrected chi connectivity index (χ3v) is 7.14. The molecule has 0 amide bonds. The van der Waals surface area contributed by atoms with Crippen molar-refractivity contribution in [1.29, 1.82) is 0 Å². The van der Waals surface area contributed by atoms with Crippen molar-refractivity contribution in [3.63, 3.8) is 0 Å².